The molecule has 9 rings (SSSR count). The van der Waals surface area contributed by atoms with Crippen molar-refractivity contribution >= 4 is 20.2 Å². The van der Waals surface area contributed by atoms with Crippen LogP contribution >= 0.6 is 0 Å². The van der Waals surface area contributed by atoms with Crippen LogP contribution in [0.2, 0.25) is 0 Å². The number of hydrogen-bond donors (Lipinski definition) is 0. The van der Waals surface area contributed by atoms with E-state index in [9.17, 15) is 16.8 Å². The average molecular weight is 811 g/mol. The molecule has 0 aliphatic heterocycles. The number of fused-ring (bicyclic) bond motifs is 3. The summed E-state index contributed by atoms with van der Waals surface area (Å²) in [6.45, 7) is 3.78. The molecule has 0 amide bonds. The van der Waals surface area contributed by atoms with E-state index >= 15 is 0 Å². The van der Waals surface area contributed by atoms with E-state index in [1.807, 2.05) is 159 Å². The van der Waals surface area contributed by atoms with Crippen LogP contribution in [0.4, 0.5) is 0 Å². The minimum atomic E-state index is -4.43. The van der Waals surface area contributed by atoms with Crippen molar-refractivity contribution in [3.05, 3.63) is 228 Å². The lowest BCUT2D eigenvalue weighted by atomic mass is 9.66. The highest BCUT2D eigenvalue weighted by Crippen LogP contribution is 2.61. The molecule has 1 aliphatic carbocycles. The quantitative estimate of drug-likeness (QED) is 0.128. The van der Waals surface area contributed by atoms with E-state index in [1.165, 1.54) is 24.3 Å². The third kappa shape index (κ3) is 6.60. The first kappa shape index (κ1) is 37.8. The van der Waals surface area contributed by atoms with Crippen LogP contribution in [0.25, 0.3) is 33.4 Å². The smallest absolute Gasteiger partial charge is 0.339 e. The molecule has 0 radical (unpaired) electrons. The van der Waals surface area contributed by atoms with Gasteiger partial charge in [0.25, 0.3) is 0 Å². The standard InChI is InChI=1S/C51H38O6S2/c1-35-27-31-39(32-28-35)58(52,53)56-49-41(37-15-5-3-6-16-37)21-13-25-47(49)51(45-23-11-9-19-43(45)44-20-10-12-24-46(44)51)48-26-14-22-42(38-17-7-4-8-18-38)50(48)57-59(54,55)40-33-29-36(2)30-34-40/h3-34H,1-2H3. The SMILES string of the molecule is Cc1ccc(S(=O)(=O)Oc2c(-c3ccccc3)cccc2C2(c3cccc(-c4ccccc4)c3OS(=O)(=O)c3ccc(C)cc3)c3ccccc3-c3ccccc32)cc1. The molecular weight excluding hydrogens is 773 g/mol. The van der Waals surface area contributed by atoms with Crippen LogP contribution < -0.4 is 8.37 Å². The zero-order valence-corrected chi connectivity index (χ0v) is 33.9. The predicted octanol–water partition coefficient (Wildman–Crippen LogP) is 11.5. The van der Waals surface area contributed by atoms with Gasteiger partial charge in [-0.15, -0.1) is 0 Å². The minimum Gasteiger partial charge on any atom is -0.378 e. The second-order valence-corrected chi connectivity index (χ2v) is 17.7. The van der Waals surface area contributed by atoms with Crippen LogP contribution in [0, 0.1) is 13.8 Å². The van der Waals surface area contributed by atoms with Crippen molar-refractivity contribution in [2.24, 2.45) is 0 Å². The van der Waals surface area contributed by atoms with Gasteiger partial charge in [0.2, 0.25) is 0 Å². The number of benzene rings is 8. The summed E-state index contributed by atoms with van der Waals surface area (Å²) < 4.78 is 71.1. The summed E-state index contributed by atoms with van der Waals surface area (Å²) in [5.74, 6) is 0.200. The van der Waals surface area contributed by atoms with Crippen LogP contribution in [0.15, 0.2) is 204 Å². The summed E-state index contributed by atoms with van der Waals surface area (Å²) >= 11 is 0. The van der Waals surface area contributed by atoms with Gasteiger partial charge in [-0.1, -0.05) is 181 Å². The Kier molecular flexibility index (Phi) is 9.54. The van der Waals surface area contributed by atoms with Gasteiger partial charge in [-0.25, -0.2) is 0 Å². The van der Waals surface area contributed by atoms with Crippen LogP contribution in [0.3, 0.4) is 0 Å². The zero-order chi connectivity index (χ0) is 40.8. The summed E-state index contributed by atoms with van der Waals surface area (Å²) in [7, 11) is -8.87. The van der Waals surface area contributed by atoms with Gasteiger partial charge >= 0.3 is 20.2 Å². The van der Waals surface area contributed by atoms with Crippen molar-refractivity contribution < 1.29 is 25.2 Å². The lowest BCUT2D eigenvalue weighted by molar-refractivity contribution is 0.475. The summed E-state index contributed by atoms with van der Waals surface area (Å²) in [5.41, 5.74) is 7.31. The summed E-state index contributed by atoms with van der Waals surface area (Å²) in [6.07, 6.45) is 0. The maximum Gasteiger partial charge on any atom is 0.339 e. The Labute approximate surface area is 345 Å². The van der Waals surface area contributed by atoms with Gasteiger partial charge in [-0.2, -0.15) is 16.8 Å². The molecule has 0 saturated heterocycles. The Morgan fingerprint density at radius 1 is 0.339 bits per heavy atom. The van der Waals surface area contributed by atoms with Crippen molar-refractivity contribution in [1.29, 1.82) is 0 Å². The molecule has 59 heavy (non-hydrogen) atoms. The van der Waals surface area contributed by atoms with Crippen molar-refractivity contribution in [3.63, 3.8) is 0 Å². The third-order valence-corrected chi connectivity index (χ3v) is 13.4. The van der Waals surface area contributed by atoms with Gasteiger partial charge < -0.3 is 8.37 Å². The Hall–Kier alpha value is -6.74. The maximum absolute atomic E-state index is 14.5. The highest BCUT2D eigenvalue weighted by Gasteiger charge is 2.51. The fourth-order valence-corrected chi connectivity index (χ4v) is 10.1. The Morgan fingerprint density at radius 2 is 0.661 bits per heavy atom. The van der Waals surface area contributed by atoms with Crippen molar-refractivity contribution in [2.75, 3.05) is 0 Å². The van der Waals surface area contributed by atoms with Crippen LogP contribution in [0.1, 0.15) is 33.4 Å². The van der Waals surface area contributed by atoms with E-state index in [-0.39, 0.29) is 21.3 Å². The normalized spacial score (nSPS) is 13.0. The van der Waals surface area contributed by atoms with Gasteiger partial charge in [0, 0.05) is 22.3 Å². The molecule has 0 spiro atoms. The van der Waals surface area contributed by atoms with E-state index in [4.69, 9.17) is 8.37 Å². The predicted molar refractivity (Wildman–Crippen MR) is 233 cm³/mol. The van der Waals surface area contributed by atoms with Crippen molar-refractivity contribution in [2.45, 2.75) is 29.1 Å². The second-order valence-electron chi connectivity index (χ2n) is 14.6. The first-order valence-electron chi connectivity index (χ1n) is 19.2. The third-order valence-electron chi connectivity index (χ3n) is 11.0. The average Bonchev–Trinajstić information content (AvgIpc) is 3.55. The monoisotopic (exact) mass is 810 g/mol. The minimum absolute atomic E-state index is 0.00234. The summed E-state index contributed by atoms with van der Waals surface area (Å²) in [5, 5.41) is 0. The molecule has 0 fully saturated rings. The molecule has 8 heteroatoms. The van der Waals surface area contributed by atoms with E-state index in [2.05, 4.69) is 0 Å². The molecule has 1 aliphatic rings. The van der Waals surface area contributed by atoms with Gasteiger partial charge in [0.05, 0.1) is 5.41 Å². The lowest BCUT2D eigenvalue weighted by Crippen LogP contribution is -2.31. The van der Waals surface area contributed by atoms with Gasteiger partial charge in [0.15, 0.2) is 11.5 Å². The Bertz CT molecular complexity index is 2860. The first-order valence-corrected chi connectivity index (χ1v) is 22.0. The highest BCUT2D eigenvalue weighted by atomic mass is 32.2. The molecule has 6 nitrogen and oxygen atoms in total. The number of hydrogen-bond acceptors (Lipinski definition) is 6. The van der Waals surface area contributed by atoms with Gasteiger partial charge in [-0.05, 0) is 71.5 Å². The number of rotatable bonds is 10. The van der Waals surface area contributed by atoms with Crippen LogP contribution in [-0.2, 0) is 25.7 Å². The van der Waals surface area contributed by atoms with Gasteiger partial charge in [0.1, 0.15) is 9.79 Å². The molecule has 290 valence electrons. The highest BCUT2D eigenvalue weighted by molar-refractivity contribution is 7.87. The van der Waals surface area contributed by atoms with Gasteiger partial charge in [-0.3, -0.25) is 0 Å². The van der Waals surface area contributed by atoms with Crippen molar-refractivity contribution in [1.82, 2.24) is 0 Å². The lowest BCUT2D eigenvalue weighted by Gasteiger charge is -2.36. The Balaban J connectivity index is 1.43. The molecule has 8 aromatic carbocycles. The van der Waals surface area contributed by atoms with E-state index in [0.717, 1.165) is 44.5 Å². The summed E-state index contributed by atoms with van der Waals surface area (Å²) in [4.78, 5) is -0.00467. The Morgan fingerprint density at radius 3 is 1.05 bits per heavy atom. The van der Waals surface area contributed by atoms with Crippen LogP contribution in [-0.4, -0.2) is 16.8 Å². The molecule has 0 unspecified atom stereocenters. The fraction of sp³-hybridized carbons (Fsp3) is 0.0588. The fourth-order valence-electron chi connectivity index (χ4n) is 8.22. The second kappa shape index (κ2) is 14.9. The molecule has 8 aromatic rings. The molecule has 0 atom stereocenters. The maximum atomic E-state index is 14.5. The first-order chi connectivity index (χ1) is 28.6. The molecule has 0 heterocycles. The molecule has 0 saturated carbocycles. The molecule has 0 bridgehead atoms. The molecular formula is C51H38O6S2. The van der Waals surface area contributed by atoms with Crippen molar-refractivity contribution in [3.8, 4) is 44.9 Å². The summed E-state index contributed by atoms with van der Waals surface area (Å²) in [6, 6.07) is 59.2. The van der Waals surface area contributed by atoms with Crippen LogP contribution in [0.5, 0.6) is 11.5 Å². The largest absolute Gasteiger partial charge is 0.378 e. The molecule has 0 aromatic heterocycles. The number of para-hydroxylation sites is 2. The van der Waals surface area contributed by atoms with E-state index in [0.29, 0.717) is 22.3 Å². The van der Waals surface area contributed by atoms with E-state index < -0.39 is 25.7 Å². The topological polar surface area (TPSA) is 86.7 Å². The number of aryl methyl sites for hydroxylation is 2. The molecule has 0 N–H and O–H groups in total. The van der Waals surface area contributed by atoms with E-state index in [1.54, 1.807) is 24.3 Å². The zero-order valence-electron chi connectivity index (χ0n) is 32.2.